The third-order valence-electron chi connectivity index (χ3n) is 4.40. The summed E-state index contributed by atoms with van der Waals surface area (Å²) >= 11 is 6.65. The van der Waals surface area contributed by atoms with Crippen LogP contribution in [0.3, 0.4) is 0 Å². The molecule has 3 heteroatoms. The van der Waals surface area contributed by atoms with Crippen LogP contribution >= 0.6 is 11.6 Å². The monoisotopic (exact) mass is 295 g/mol. The van der Waals surface area contributed by atoms with Gasteiger partial charge in [-0.2, -0.15) is 0 Å². The maximum Gasteiger partial charge on any atom is 0.121 e. The Morgan fingerprint density at radius 2 is 2.20 bits per heavy atom. The molecule has 2 nitrogen and oxygen atoms in total. The molecule has 1 saturated heterocycles. The lowest BCUT2D eigenvalue weighted by molar-refractivity contribution is 0.144. The number of hydrogen-bond donors (Lipinski definition) is 0. The predicted molar refractivity (Wildman–Crippen MR) is 85.8 cm³/mol. The van der Waals surface area contributed by atoms with E-state index in [1.54, 1.807) is 7.11 Å². The second-order valence-electron chi connectivity index (χ2n) is 5.75. The molecule has 0 saturated carbocycles. The number of methoxy groups -OCH3 is 1. The van der Waals surface area contributed by atoms with E-state index in [-0.39, 0.29) is 5.38 Å². The van der Waals surface area contributed by atoms with Gasteiger partial charge in [-0.05, 0) is 49.9 Å². The summed E-state index contributed by atoms with van der Waals surface area (Å²) in [6, 6.07) is 6.98. The number of likely N-dealkylation sites (tertiary alicyclic amines) is 1. The number of halogens is 1. The van der Waals surface area contributed by atoms with Crippen molar-refractivity contribution in [3.8, 4) is 5.75 Å². The van der Waals surface area contributed by atoms with Crippen LogP contribution in [0.2, 0.25) is 0 Å². The van der Waals surface area contributed by atoms with Crippen LogP contribution in [0.25, 0.3) is 0 Å². The van der Waals surface area contributed by atoms with Gasteiger partial charge in [-0.1, -0.05) is 25.5 Å². The molecule has 0 amide bonds. The molecule has 1 aromatic carbocycles. The molecule has 1 aliphatic heterocycles. The lowest BCUT2D eigenvalue weighted by atomic mass is 9.99. The normalized spacial score (nSPS) is 21.7. The van der Waals surface area contributed by atoms with E-state index in [4.69, 9.17) is 16.3 Å². The zero-order valence-electron chi connectivity index (χ0n) is 12.9. The Kier molecular flexibility index (Phi) is 5.74. The Morgan fingerprint density at radius 3 is 2.85 bits per heavy atom. The standard InChI is InChI=1S/C17H26ClNO/c1-4-15-7-5-6-10-19(15)12-16(18)14-8-9-17(20-3)13(2)11-14/h8-9,11,15-16H,4-7,10,12H2,1-3H3. The first-order chi connectivity index (χ1) is 9.65. The average Bonchev–Trinajstić information content (AvgIpc) is 2.47. The summed E-state index contributed by atoms with van der Waals surface area (Å²) in [5.41, 5.74) is 2.35. The molecule has 1 fully saturated rings. The molecule has 112 valence electrons. The van der Waals surface area contributed by atoms with Gasteiger partial charge in [0, 0.05) is 12.6 Å². The van der Waals surface area contributed by atoms with E-state index in [0.717, 1.165) is 17.9 Å². The van der Waals surface area contributed by atoms with Crippen LogP contribution in [0.4, 0.5) is 0 Å². The van der Waals surface area contributed by atoms with Crippen LogP contribution in [0, 0.1) is 6.92 Å². The number of benzene rings is 1. The first-order valence-corrected chi connectivity index (χ1v) is 8.12. The molecular weight excluding hydrogens is 270 g/mol. The number of alkyl halides is 1. The van der Waals surface area contributed by atoms with Crippen molar-refractivity contribution in [1.82, 2.24) is 4.90 Å². The van der Waals surface area contributed by atoms with Gasteiger partial charge in [-0.3, -0.25) is 4.90 Å². The van der Waals surface area contributed by atoms with Gasteiger partial charge in [0.05, 0.1) is 12.5 Å². The summed E-state index contributed by atoms with van der Waals surface area (Å²) in [5, 5.41) is 0.0618. The van der Waals surface area contributed by atoms with E-state index in [1.165, 1.54) is 37.8 Å². The van der Waals surface area contributed by atoms with Crippen LogP contribution in [0.1, 0.15) is 49.1 Å². The van der Waals surface area contributed by atoms with Crippen LogP contribution in [0.5, 0.6) is 5.75 Å². The smallest absolute Gasteiger partial charge is 0.121 e. The predicted octanol–water partition coefficient (Wildman–Crippen LogP) is 4.55. The molecule has 0 bridgehead atoms. The minimum Gasteiger partial charge on any atom is -0.496 e. The first kappa shape index (κ1) is 15.7. The molecule has 20 heavy (non-hydrogen) atoms. The Balaban J connectivity index is 2.03. The zero-order chi connectivity index (χ0) is 14.5. The lowest BCUT2D eigenvalue weighted by Crippen LogP contribution is -2.40. The van der Waals surface area contributed by atoms with E-state index >= 15 is 0 Å². The minimum atomic E-state index is 0.0618. The van der Waals surface area contributed by atoms with Gasteiger partial charge in [-0.25, -0.2) is 0 Å². The molecule has 0 N–H and O–H groups in total. The SMILES string of the molecule is CCC1CCCCN1CC(Cl)c1ccc(OC)c(C)c1. The summed E-state index contributed by atoms with van der Waals surface area (Å²) in [7, 11) is 1.71. The first-order valence-electron chi connectivity index (χ1n) is 7.68. The molecule has 1 aliphatic rings. The van der Waals surface area contributed by atoms with Crippen molar-refractivity contribution in [3.05, 3.63) is 29.3 Å². The Hall–Kier alpha value is -0.730. The molecule has 2 unspecified atom stereocenters. The highest BCUT2D eigenvalue weighted by atomic mass is 35.5. The lowest BCUT2D eigenvalue weighted by Gasteiger charge is -2.36. The summed E-state index contributed by atoms with van der Waals surface area (Å²) in [4.78, 5) is 2.57. The van der Waals surface area contributed by atoms with Gasteiger partial charge in [-0.15, -0.1) is 11.6 Å². The summed E-state index contributed by atoms with van der Waals surface area (Å²) < 4.78 is 5.31. The van der Waals surface area contributed by atoms with Crippen molar-refractivity contribution in [2.24, 2.45) is 0 Å². The fourth-order valence-corrected chi connectivity index (χ4v) is 3.48. The number of ether oxygens (including phenoxy) is 1. The van der Waals surface area contributed by atoms with Crippen molar-refractivity contribution in [2.75, 3.05) is 20.2 Å². The highest BCUT2D eigenvalue weighted by molar-refractivity contribution is 6.21. The number of nitrogens with zero attached hydrogens (tertiary/aromatic N) is 1. The van der Waals surface area contributed by atoms with Crippen molar-refractivity contribution in [1.29, 1.82) is 0 Å². The highest BCUT2D eigenvalue weighted by Gasteiger charge is 2.23. The maximum absolute atomic E-state index is 6.65. The fraction of sp³-hybridized carbons (Fsp3) is 0.647. The van der Waals surface area contributed by atoms with Gasteiger partial charge in [0.15, 0.2) is 0 Å². The van der Waals surface area contributed by atoms with Crippen molar-refractivity contribution in [2.45, 2.75) is 50.9 Å². The van der Waals surface area contributed by atoms with Crippen LogP contribution < -0.4 is 4.74 Å². The van der Waals surface area contributed by atoms with Gasteiger partial charge in [0.2, 0.25) is 0 Å². The van der Waals surface area contributed by atoms with Crippen LogP contribution in [0.15, 0.2) is 18.2 Å². The van der Waals surface area contributed by atoms with E-state index in [2.05, 4.69) is 30.9 Å². The van der Waals surface area contributed by atoms with E-state index in [0.29, 0.717) is 6.04 Å². The van der Waals surface area contributed by atoms with Crippen LogP contribution in [-0.2, 0) is 0 Å². The van der Waals surface area contributed by atoms with Gasteiger partial charge >= 0.3 is 0 Å². The van der Waals surface area contributed by atoms with Crippen molar-refractivity contribution in [3.63, 3.8) is 0 Å². The molecule has 1 aromatic rings. The van der Waals surface area contributed by atoms with E-state index in [1.807, 2.05) is 6.07 Å². The minimum absolute atomic E-state index is 0.0618. The Morgan fingerprint density at radius 1 is 1.40 bits per heavy atom. The third-order valence-corrected chi connectivity index (χ3v) is 4.79. The molecule has 0 spiro atoms. The molecule has 1 heterocycles. The van der Waals surface area contributed by atoms with Gasteiger partial charge in [0.25, 0.3) is 0 Å². The number of hydrogen-bond acceptors (Lipinski definition) is 2. The number of piperidine rings is 1. The summed E-state index contributed by atoms with van der Waals surface area (Å²) in [6.07, 6.45) is 5.22. The largest absolute Gasteiger partial charge is 0.496 e. The molecule has 0 aliphatic carbocycles. The van der Waals surface area contributed by atoms with Crippen molar-refractivity contribution >= 4 is 11.6 Å². The topological polar surface area (TPSA) is 12.5 Å². The van der Waals surface area contributed by atoms with Gasteiger partial charge in [0.1, 0.15) is 5.75 Å². The zero-order valence-corrected chi connectivity index (χ0v) is 13.6. The van der Waals surface area contributed by atoms with Gasteiger partial charge < -0.3 is 4.74 Å². The fourth-order valence-electron chi connectivity index (χ4n) is 3.17. The summed E-state index contributed by atoms with van der Waals surface area (Å²) in [6.45, 7) is 6.49. The molecule has 2 rings (SSSR count). The highest BCUT2D eigenvalue weighted by Crippen LogP contribution is 2.29. The van der Waals surface area contributed by atoms with E-state index < -0.39 is 0 Å². The number of rotatable bonds is 5. The van der Waals surface area contributed by atoms with Crippen molar-refractivity contribution < 1.29 is 4.74 Å². The molecule has 0 aromatic heterocycles. The summed E-state index contributed by atoms with van der Waals surface area (Å²) in [5.74, 6) is 0.932. The average molecular weight is 296 g/mol. The quantitative estimate of drug-likeness (QED) is 0.739. The molecule has 0 radical (unpaired) electrons. The Bertz CT molecular complexity index is 435. The molecule has 2 atom stereocenters. The van der Waals surface area contributed by atoms with E-state index in [9.17, 15) is 0 Å². The second kappa shape index (κ2) is 7.33. The maximum atomic E-state index is 6.65. The third kappa shape index (κ3) is 3.67. The Labute approximate surface area is 128 Å². The van der Waals surface area contributed by atoms with Crippen LogP contribution in [-0.4, -0.2) is 31.1 Å². The second-order valence-corrected chi connectivity index (χ2v) is 6.28. The number of aryl methyl sites for hydroxylation is 1. The molecular formula is C17H26ClNO.